The maximum absolute atomic E-state index is 3.53. The first kappa shape index (κ1) is 8.41. The van der Waals surface area contributed by atoms with E-state index >= 15 is 0 Å². The third-order valence-electron chi connectivity index (χ3n) is 1.83. The van der Waals surface area contributed by atoms with Crippen LogP contribution in [0.15, 0.2) is 0 Å². The van der Waals surface area contributed by atoms with Gasteiger partial charge in [0.1, 0.15) is 0 Å². The van der Waals surface area contributed by atoms with Gasteiger partial charge in [0.15, 0.2) is 0 Å². The van der Waals surface area contributed by atoms with Crippen LogP contribution in [-0.2, 0) is 0 Å². The molecule has 0 spiro atoms. The van der Waals surface area contributed by atoms with E-state index in [4.69, 9.17) is 0 Å². The predicted molar refractivity (Wildman–Crippen MR) is 48.3 cm³/mol. The molecule has 1 N–H and O–H groups in total. The fourth-order valence-corrected chi connectivity index (χ4v) is 2.47. The van der Waals surface area contributed by atoms with Crippen molar-refractivity contribution >= 4 is 11.8 Å². The quantitative estimate of drug-likeness (QED) is 0.662. The van der Waals surface area contributed by atoms with Crippen molar-refractivity contribution in [3.05, 3.63) is 0 Å². The minimum atomic E-state index is 0.751. The van der Waals surface area contributed by atoms with Gasteiger partial charge in [-0.25, -0.2) is 0 Å². The smallest absolute Gasteiger partial charge is 0.0532 e. The van der Waals surface area contributed by atoms with Crippen molar-refractivity contribution in [2.24, 2.45) is 5.92 Å². The first-order valence-electron chi connectivity index (χ1n) is 4.18. The van der Waals surface area contributed by atoms with Gasteiger partial charge in [0.05, 0.1) is 5.37 Å². The van der Waals surface area contributed by atoms with E-state index in [1.807, 2.05) is 0 Å². The maximum atomic E-state index is 3.53. The van der Waals surface area contributed by atoms with Gasteiger partial charge >= 0.3 is 0 Å². The van der Waals surface area contributed by atoms with E-state index in [1.54, 1.807) is 0 Å². The molecular weight excluding hydrogens is 142 g/mol. The number of hydrogen-bond donors (Lipinski definition) is 1. The molecule has 0 aromatic heterocycles. The molecule has 0 aromatic rings. The molecule has 0 saturated carbocycles. The van der Waals surface area contributed by atoms with Crippen LogP contribution in [0, 0.1) is 5.92 Å². The average molecular weight is 159 g/mol. The van der Waals surface area contributed by atoms with E-state index in [2.05, 4.69) is 30.9 Å². The lowest BCUT2D eigenvalue weighted by Crippen LogP contribution is -2.36. The topological polar surface area (TPSA) is 12.0 Å². The van der Waals surface area contributed by atoms with Crippen LogP contribution in [0.2, 0.25) is 0 Å². The van der Waals surface area contributed by atoms with Gasteiger partial charge in [0.2, 0.25) is 0 Å². The largest absolute Gasteiger partial charge is 0.305 e. The Bertz CT molecular complexity index is 87.3. The lowest BCUT2D eigenvalue weighted by atomic mass is 10.2. The molecule has 2 heteroatoms. The highest BCUT2D eigenvalue weighted by Gasteiger charge is 2.15. The molecule has 10 heavy (non-hydrogen) atoms. The van der Waals surface area contributed by atoms with E-state index in [-0.39, 0.29) is 0 Å². The summed E-state index contributed by atoms with van der Waals surface area (Å²) in [5.74, 6) is 2.22. The molecule has 2 unspecified atom stereocenters. The van der Waals surface area contributed by atoms with Crippen molar-refractivity contribution in [3.8, 4) is 0 Å². The minimum Gasteiger partial charge on any atom is -0.305 e. The number of thioether (sulfide) groups is 1. The molecule has 1 fully saturated rings. The molecule has 1 aliphatic rings. The second-order valence-electron chi connectivity index (χ2n) is 3.12. The number of nitrogens with one attached hydrogen (secondary N) is 1. The molecule has 0 aliphatic carbocycles. The summed E-state index contributed by atoms with van der Waals surface area (Å²) in [5.41, 5.74) is 0. The molecule has 0 aromatic carbocycles. The summed E-state index contributed by atoms with van der Waals surface area (Å²) < 4.78 is 0. The summed E-state index contributed by atoms with van der Waals surface area (Å²) in [5, 5.41) is 4.28. The van der Waals surface area contributed by atoms with Gasteiger partial charge < -0.3 is 5.32 Å². The lowest BCUT2D eigenvalue weighted by molar-refractivity contribution is 0.502. The maximum Gasteiger partial charge on any atom is 0.0532 e. The molecule has 1 heterocycles. The van der Waals surface area contributed by atoms with Crippen molar-refractivity contribution in [3.63, 3.8) is 0 Å². The standard InChI is InChI=1S/C8H17NS/c1-3-4-8-9-5-7(2)6-10-8/h7-9H,3-6H2,1-2H3. The first-order chi connectivity index (χ1) is 4.83. The lowest BCUT2D eigenvalue weighted by Gasteiger charge is -2.26. The SMILES string of the molecule is CCCC1NCC(C)CS1. The molecule has 0 radical (unpaired) electrons. The Morgan fingerprint density at radius 1 is 1.60 bits per heavy atom. The highest BCUT2D eigenvalue weighted by atomic mass is 32.2. The van der Waals surface area contributed by atoms with Crippen molar-refractivity contribution in [1.29, 1.82) is 0 Å². The minimum absolute atomic E-state index is 0.751. The molecule has 1 nitrogen and oxygen atoms in total. The number of hydrogen-bond acceptors (Lipinski definition) is 2. The van der Waals surface area contributed by atoms with Gasteiger partial charge in [-0.05, 0) is 24.6 Å². The second kappa shape index (κ2) is 4.24. The highest BCUT2D eigenvalue weighted by molar-refractivity contribution is 7.99. The zero-order valence-corrected chi connectivity index (χ0v) is 7.71. The first-order valence-corrected chi connectivity index (χ1v) is 5.22. The van der Waals surface area contributed by atoms with E-state index in [1.165, 1.54) is 25.1 Å². The summed E-state index contributed by atoms with van der Waals surface area (Å²) in [6, 6.07) is 0. The summed E-state index contributed by atoms with van der Waals surface area (Å²) in [6.07, 6.45) is 2.64. The summed E-state index contributed by atoms with van der Waals surface area (Å²) >= 11 is 2.08. The van der Waals surface area contributed by atoms with Crippen LogP contribution in [0.5, 0.6) is 0 Å². The van der Waals surface area contributed by atoms with E-state index in [9.17, 15) is 0 Å². The molecule has 1 rings (SSSR count). The molecule has 60 valence electrons. The Labute approximate surface area is 68.0 Å². The Kier molecular flexibility index (Phi) is 3.57. The summed E-state index contributed by atoms with van der Waals surface area (Å²) in [7, 11) is 0. The van der Waals surface area contributed by atoms with Crippen molar-refractivity contribution in [1.82, 2.24) is 5.32 Å². The van der Waals surface area contributed by atoms with Crippen LogP contribution in [0.25, 0.3) is 0 Å². The third-order valence-corrected chi connectivity index (χ3v) is 3.39. The molecule has 0 amide bonds. The highest BCUT2D eigenvalue weighted by Crippen LogP contribution is 2.21. The van der Waals surface area contributed by atoms with Gasteiger partial charge in [-0.1, -0.05) is 20.3 Å². The van der Waals surface area contributed by atoms with Gasteiger partial charge in [0, 0.05) is 0 Å². The van der Waals surface area contributed by atoms with Crippen molar-refractivity contribution in [2.45, 2.75) is 32.1 Å². The molecule has 1 aliphatic heterocycles. The number of rotatable bonds is 2. The van der Waals surface area contributed by atoms with Crippen LogP contribution < -0.4 is 5.32 Å². The second-order valence-corrected chi connectivity index (χ2v) is 4.36. The Balaban J connectivity index is 2.13. The van der Waals surface area contributed by atoms with Crippen molar-refractivity contribution in [2.75, 3.05) is 12.3 Å². The molecular formula is C8H17NS. The van der Waals surface area contributed by atoms with Gasteiger partial charge in [0.25, 0.3) is 0 Å². The van der Waals surface area contributed by atoms with Crippen LogP contribution in [0.3, 0.4) is 0 Å². The molecule has 1 saturated heterocycles. The van der Waals surface area contributed by atoms with E-state index < -0.39 is 0 Å². The normalized spacial score (nSPS) is 34.2. The van der Waals surface area contributed by atoms with Gasteiger partial charge in [-0.2, -0.15) is 0 Å². The van der Waals surface area contributed by atoms with Crippen LogP contribution in [0.1, 0.15) is 26.7 Å². The molecule has 2 atom stereocenters. The average Bonchev–Trinajstić information content (AvgIpc) is 1.95. The fourth-order valence-electron chi connectivity index (χ4n) is 1.18. The van der Waals surface area contributed by atoms with Crippen LogP contribution in [0.4, 0.5) is 0 Å². The molecule has 0 bridgehead atoms. The van der Waals surface area contributed by atoms with Gasteiger partial charge in [-0.3, -0.25) is 0 Å². The zero-order chi connectivity index (χ0) is 7.40. The monoisotopic (exact) mass is 159 g/mol. The predicted octanol–water partition coefficient (Wildman–Crippen LogP) is 2.09. The third kappa shape index (κ3) is 2.51. The van der Waals surface area contributed by atoms with Crippen LogP contribution >= 0.6 is 11.8 Å². The Morgan fingerprint density at radius 2 is 2.40 bits per heavy atom. The Morgan fingerprint density at radius 3 is 2.90 bits per heavy atom. The van der Waals surface area contributed by atoms with Crippen molar-refractivity contribution < 1.29 is 0 Å². The Hall–Kier alpha value is 0.310. The zero-order valence-electron chi connectivity index (χ0n) is 6.89. The van der Waals surface area contributed by atoms with Crippen LogP contribution in [-0.4, -0.2) is 17.7 Å². The summed E-state index contributed by atoms with van der Waals surface area (Å²) in [6.45, 7) is 5.78. The van der Waals surface area contributed by atoms with E-state index in [0.29, 0.717) is 0 Å². The van der Waals surface area contributed by atoms with E-state index in [0.717, 1.165) is 11.3 Å². The van der Waals surface area contributed by atoms with Gasteiger partial charge in [-0.15, -0.1) is 11.8 Å². The summed E-state index contributed by atoms with van der Waals surface area (Å²) in [4.78, 5) is 0. The fraction of sp³-hybridized carbons (Fsp3) is 1.00.